The molecule has 0 saturated carbocycles. The highest BCUT2D eigenvalue weighted by atomic mass is 15.1. The van der Waals surface area contributed by atoms with Crippen LogP contribution in [0.15, 0.2) is 37.4 Å². The monoisotopic (exact) mass is 374 g/mol. The molecule has 0 aliphatic rings. The lowest BCUT2D eigenvalue weighted by Crippen LogP contribution is -2.30. The van der Waals surface area contributed by atoms with E-state index in [1.54, 1.807) is 0 Å². The van der Waals surface area contributed by atoms with E-state index in [1.807, 2.05) is 0 Å². The zero-order chi connectivity index (χ0) is 19.2. The maximum absolute atomic E-state index is 2.36. The summed E-state index contributed by atoms with van der Waals surface area (Å²) in [5, 5.41) is 0. The maximum Gasteiger partial charge on any atom is 0.243 e. The first-order valence-electron chi connectivity index (χ1n) is 11.3. The van der Waals surface area contributed by atoms with Crippen molar-refractivity contribution in [1.82, 2.24) is 9.13 Å². The number of nitrogens with zero attached hydrogens (tertiary/aromatic N) is 4. The van der Waals surface area contributed by atoms with Crippen molar-refractivity contribution < 1.29 is 9.13 Å². The van der Waals surface area contributed by atoms with Crippen LogP contribution in [0.4, 0.5) is 0 Å². The van der Waals surface area contributed by atoms with Crippen LogP contribution >= 0.6 is 0 Å². The van der Waals surface area contributed by atoms with E-state index in [9.17, 15) is 0 Å². The van der Waals surface area contributed by atoms with Crippen LogP contribution in [-0.4, -0.2) is 9.13 Å². The fourth-order valence-corrected chi connectivity index (χ4v) is 3.71. The number of hydrogen-bond donors (Lipinski definition) is 0. The van der Waals surface area contributed by atoms with E-state index in [1.165, 1.54) is 83.6 Å². The Morgan fingerprint density at radius 1 is 0.630 bits per heavy atom. The summed E-state index contributed by atoms with van der Waals surface area (Å²) in [6.07, 6.45) is 29.6. The van der Waals surface area contributed by atoms with Gasteiger partial charge in [0, 0.05) is 0 Å². The molecule has 0 aromatic carbocycles. The molecule has 0 aliphatic heterocycles. The molecule has 4 nitrogen and oxygen atoms in total. The standard InChI is InChI=1S/C23H42N4/c1-3-4-5-6-7-8-9-12-16-26-20-21-27(23-26)17-14-11-10-13-15-25-19-18-24(2)22-25/h18-23H,3-17H2,1-2H3/q+2. The molecule has 0 fully saturated rings. The fraction of sp³-hybridized carbons (Fsp3) is 0.739. The molecule has 2 aromatic heterocycles. The van der Waals surface area contributed by atoms with E-state index in [2.05, 4.69) is 69.7 Å². The van der Waals surface area contributed by atoms with Crippen LogP contribution in [0.1, 0.15) is 84.0 Å². The molecule has 0 unspecified atom stereocenters. The summed E-state index contributed by atoms with van der Waals surface area (Å²) >= 11 is 0. The first-order chi connectivity index (χ1) is 13.3. The second-order valence-corrected chi connectivity index (χ2v) is 8.10. The Bertz CT molecular complexity index is 599. The Morgan fingerprint density at radius 2 is 1.19 bits per heavy atom. The number of aryl methyl sites for hydroxylation is 4. The number of rotatable bonds is 16. The minimum atomic E-state index is 1.14. The molecule has 0 aliphatic carbocycles. The summed E-state index contributed by atoms with van der Waals surface area (Å²) in [5.41, 5.74) is 0. The fourth-order valence-electron chi connectivity index (χ4n) is 3.71. The van der Waals surface area contributed by atoms with Crippen LogP contribution in [0.3, 0.4) is 0 Å². The van der Waals surface area contributed by atoms with E-state index in [-0.39, 0.29) is 0 Å². The molecule has 4 heteroatoms. The molecule has 27 heavy (non-hydrogen) atoms. The van der Waals surface area contributed by atoms with Crippen LogP contribution in [0.2, 0.25) is 0 Å². The summed E-state index contributed by atoms with van der Waals surface area (Å²) in [7, 11) is 2.08. The van der Waals surface area contributed by atoms with Crippen LogP contribution in [0.25, 0.3) is 0 Å². The molecule has 2 heterocycles. The van der Waals surface area contributed by atoms with Gasteiger partial charge in [-0.1, -0.05) is 45.4 Å². The summed E-state index contributed by atoms with van der Waals surface area (Å²) < 4.78 is 9.11. The van der Waals surface area contributed by atoms with Crippen LogP contribution in [-0.2, 0) is 26.7 Å². The normalized spacial score (nSPS) is 11.3. The Labute approximate surface area is 166 Å². The van der Waals surface area contributed by atoms with Gasteiger partial charge in [-0.25, -0.2) is 18.3 Å². The zero-order valence-electron chi connectivity index (χ0n) is 17.9. The molecular weight excluding hydrogens is 332 g/mol. The van der Waals surface area contributed by atoms with Crippen molar-refractivity contribution in [3.63, 3.8) is 0 Å². The van der Waals surface area contributed by atoms with Crippen molar-refractivity contribution in [1.29, 1.82) is 0 Å². The average molecular weight is 375 g/mol. The van der Waals surface area contributed by atoms with Gasteiger partial charge in [0.05, 0.1) is 26.7 Å². The molecule has 2 aromatic rings. The van der Waals surface area contributed by atoms with Gasteiger partial charge in [-0.05, 0) is 38.5 Å². The topological polar surface area (TPSA) is 17.6 Å². The minimum Gasteiger partial charge on any atom is -0.240 e. The summed E-state index contributed by atoms with van der Waals surface area (Å²) in [6, 6.07) is 0. The average Bonchev–Trinajstić information content (AvgIpc) is 3.29. The smallest absolute Gasteiger partial charge is 0.240 e. The van der Waals surface area contributed by atoms with Gasteiger partial charge in [0.15, 0.2) is 0 Å². The number of hydrogen-bond acceptors (Lipinski definition) is 0. The second-order valence-electron chi connectivity index (χ2n) is 8.10. The van der Waals surface area contributed by atoms with Crippen LogP contribution < -0.4 is 9.13 Å². The highest BCUT2D eigenvalue weighted by Crippen LogP contribution is 2.08. The minimum absolute atomic E-state index is 1.14. The van der Waals surface area contributed by atoms with Gasteiger partial charge < -0.3 is 0 Å². The molecular formula is C23H42N4+2. The molecule has 0 atom stereocenters. The van der Waals surface area contributed by atoms with Crippen molar-refractivity contribution >= 4 is 0 Å². The van der Waals surface area contributed by atoms with Crippen molar-refractivity contribution in [2.75, 3.05) is 0 Å². The first-order valence-corrected chi connectivity index (χ1v) is 11.3. The Morgan fingerprint density at radius 3 is 1.81 bits per heavy atom. The van der Waals surface area contributed by atoms with Crippen molar-refractivity contribution in [3.05, 3.63) is 37.4 Å². The first kappa shape index (κ1) is 21.7. The van der Waals surface area contributed by atoms with Gasteiger partial charge >= 0.3 is 0 Å². The molecule has 0 N–H and O–H groups in total. The van der Waals surface area contributed by atoms with Gasteiger partial charge in [0.1, 0.15) is 24.8 Å². The van der Waals surface area contributed by atoms with E-state index < -0.39 is 0 Å². The molecule has 0 spiro atoms. The maximum atomic E-state index is 2.36. The van der Waals surface area contributed by atoms with E-state index in [0.29, 0.717) is 0 Å². The predicted molar refractivity (Wildman–Crippen MR) is 111 cm³/mol. The third kappa shape index (κ3) is 9.78. The van der Waals surface area contributed by atoms with Crippen LogP contribution in [0, 0.1) is 0 Å². The summed E-state index contributed by atoms with van der Waals surface area (Å²) in [4.78, 5) is 0. The second kappa shape index (κ2) is 13.6. The van der Waals surface area contributed by atoms with Gasteiger partial charge in [-0.15, -0.1) is 0 Å². The van der Waals surface area contributed by atoms with E-state index in [0.717, 1.165) is 13.1 Å². The SMILES string of the molecule is CCCCCCCCCC[n+]1ccn(CCCCCCn2cc[n+](C)c2)c1. The predicted octanol–water partition coefficient (Wildman–Crippen LogP) is 4.80. The molecule has 152 valence electrons. The Kier molecular flexibility index (Phi) is 10.9. The largest absolute Gasteiger partial charge is 0.243 e. The number of unbranched alkanes of at least 4 members (excludes halogenated alkanes) is 10. The quantitative estimate of drug-likeness (QED) is 0.297. The summed E-state index contributed by atoms with van der Waals surface area (Å²) in [6.45, 7) is 5.76. The molecule has 0 bridgehead atoms. The van der Waals surface area contributed by atoms with Crippen molar-refractivity contribution in [2.24, 2.45) is 7.05 Å². The van der Waals surface area contributed by atoms with Crippen molar-refractivity contribution in [2.45, 2.75) is 104 Å². The Balaban J connectivity index is 1.44. The third-order valence-electron chi connectivity index (χ3n) is 5.42. The van der Waals surface area contributed by atoms with Gasteiger partial charge in [-0.3, -0.25) is 0 Å². The zero-order valence-corrected chi connectivity index (χ0v) is 17.9. The van der Waals surface area contributed by atoms with Crippen LogP contribution in [0.5, 0.6) is 0 Å². The lowest BCUT2D eigenvalue weighted by molar-refractivity contribution is -0.696. The van der Waals surface area contributed by atoms with E-state index in [4.69, 9.17) is 0 Å². The molecule has 0 radical (unpaired) electrons. The van der Waals surface area contributed by atoms with Gasteiger partial charge in [0.2, 0.25) is 12.7 Å². The highest BCUT2D eigenvalue weighted by molar-refractivity contribution is 4.67. The van der Waals surface area contributed by atoms with Gasteiger partial charge in [-0.2, -0.15) is 0 Å². The number of aromatic nitrogens is 4. The summed E-state index contributed by atoms with van der Waals surface area (Å²) in [5.74, 6) is 0. The number of imidazole rings is 2. The van der Waals surface area contributed by atoms with E-state index >= 15 is 0 Å². The lowest BCUT2D eigenvalue weighted by atomic mass is 10.1. The Hall–Kier alpha value is -1.58. The van der Waals surface area contributed by atoms with Crippen molar-refractivity contribution in [3.8, 4) is 0 Å². The molecule has 0 saturated heterocycles. The highest BCUT2D eigenvalue weighted by Gasteiger charge is 2.04. The molecule has 0 amide bonds. The lowest BCUT2D eigenvalue weighted by Gasteiger charge is -2.00. The molecule has 2 rings (SSSR count). The van der Waals surface area contributed by atoms with Gasteiger partial charge in [0.25, 0.3) is 0 Å². The third-order valence-corrected chi connectivity index (χ3v) is 5.42.